The second-order valence-electron chi connectivity index (χ2n) is 8.29. The highest BCUT2D eigenvalue weighted by atomic mass is 16.5. The van der Waals surface area contributed by atoms with E-state index >= 15 is 0 Å². The average molecular weight is 398 g/mol. The van der Waals surface area contributed by atoms with Crippen LogP contribution in [0.4, 0.5) is 0 Å². The van der Waals surface area contributed by atoms with E-state index in [1.165, 1.54) is 0 Å². The monoisotopic (exact) mass is 397 g/mol. The number of benzene rings is 2. The molecule has 0 heterocycles. The fourth-order valence-electron chi connectivity index (χ4n) is 3.53. The smallest absolute Gasteiger partial charge is 0.261 e. The number of hydrogen-bond acceptors (Lipinski definition) is 3. The van der Waals surface area contributed by atoms with Gasteiger partial charge in [0.15, 0.2) is 6.10 Å². The summed E-state index contributed by atoms with van der Waals surface area (Å²) in [7, 11) is 1.69. The molecule has 2 rings (SSSR count). The van der Waals surface area contributed by atoms with Crippen molar-refractivity contribution in [2.75, 3.05) is 7.11 Å². The Morgan fingerprint density at radius 3 is 2.07 bits per heavy atom. The summed E-state index contributed by atoms with van der Waals surface area (Å²) in [5, 5.41) is 3.10. The predicted molar refractivity (Wildman–Crippen MR) is 119 cm³/mol. The molecule has 0 aliphatic rings. The third-order valence-corrected chi connectivity index (χ3v) is 5.28. The Kier molecular flexibility index (Phi) is 7.72. The zero-order valence-corrected chi connectivity index (χ0v) is 19.0. The number of ether oxygens (including phenoxy) is 2. The van der Waals surface area contributed by atoms with E-state index in [1.807, 2.05) is 44.2 Å². The number of carbonyl (C=O) groups excluding carboxylic acids is 1. The molecule has 2 aromatic carbocycles. The lowest BCUT2D eigenvalue weighted by Crippen LogP contribution is -2.38. The Morgan fingerprint density at radius 2 is 1.48 bits per heavy atom. The Balaban J connectivity index is 2.15. The van der Waals surface area contributed by atoms with Gasteiger partial charge < -0.3 is 14.8 Å². The van der Waals surface area contributed by atoms with E-state index in [0.717, 1.165) is 33.8 Å². The lowest BCUT2D eigenvalue weighted by Gasteiger charge is -2.23. The van der Waals surface area contributed by atoms with Crippen LogP contribution in [0.3, 0.4) is 0 Å². The molecule has 2 atom stereocenters. The minimum absolute atomic E-state index is 0.127. The summed E-state index contributed by atoms with van der Waals surface area (Å²) in [6.45, 7) is 14.4. The van der Waals surface area contributed by atoms with Gasteiger partial charge in [0.05, 0.1) is 13.2 Å². The quantitative estimate of drug-likeness (QED) is 0.604. The van der Waals surface area contributed by atoms with Crippen molar-refractivity contribution < 1.29 is 14.3 Å². The van der Waals surface area contributed by atoms with Gasteiger partial charge in [-0.25, -0.2) is 0 Å². The van der Waals surface area contributed by atoms with Crippen molar-refractivity contribution in [3.63, 3.8) is 0 Å². The molecule has 0 spiro atoms. The zero-order chi connectivity index (χ0) is 21.7. The number of methoxy groups -OCH3 is 1. The number of nitrogens with one attached hydrogen (secondary N) is 1. The fourth-order valence-corrected chi connectivity index (χ4v) is 3.53. The summed E-state index contributed by atoms with van der Waals surface area (Å²) in [6, 6.07) is 12.0. The van der Waals surface area contributed by atoms with Crippen molar-refractivity contribution in [1.82, 2.24) is 5.32 Å². The average Bonchev–Trinajstić information content (AvgIpc) is 2.67. The summed E-state index contributed by atoms with van der Waals surface area (Å²) in [6.07, 6.45) is -0.583. The molecule has 1 amide bonds. The SMILES string of the molecule is COc1cc(C)c([C@@H](C)NC(=O)[C@@H](C)Oc2ccccc2C(C)C)cc1C(C)C. The molecule has 0 aliphatic carbocycles. The van der Waals surface area contributed by atoms with Gasteiger partial charge in [0.1, 0.15) is 11.5 Å². The molecule has 0 unspecified atom stereocenters. The van der Waals surface area contributed by atoms with Crippen LogP contribution < -0.4 is 14.8 Å². The number of hydrogen-bond donors (Lipinski definition) is 1. The predicted octanol–water partition coefficient (Wildman–Crippen LogP) is 5.90. The van der Waals surface area contributed by atoms with E-state index in [2.05, 4.69) is 39.1 Å². The number of aryl methyl sites for hydroxylation is 1. The van der Waals surface area contributed by atoms with E-state index < -0.39 is 6.10 Å². The van der Waals surface area contributed by atoms with Crippen molar-refractivity contribution >= 4 is 5.91 Å². The third kappa shape index (κ3) is 5.53. The molecule has 1 N–H and O–H groups in total. The normalized spacial score (nSPS) is 13.3. The highest BCUT2D eigenvalue weighted by Gasteiger charge is 2.21. The molecule has 0 fully saturated rings. The van der Waals surface area contributed by atoms with E-state index in [4.69, 9.17) is 9.47 Å². The van der Waals surface area contributed by atoms with Gasteiger partial charge in [0.2, 0.25) is 0 Å². The van der Waals surface area contributed by atoms with E-state index in [-0.39, 0.29) is 11.9 Å². The first-order valence-corrected chi connectivity index (χ1v) is 10.4. The molecule has 0 aromatic heterocycles. The van der Waals surface area contributed by atoms with Crippen LogP contribution in [0.2, 0.25) is 0 Å². The van der Waals surface area contributed by atoms with Gasteiger partial charge >= 0.3 is 0 Å². The first kappa shape index (κ1) is 22.8. The maximum absolute atomic E-state index is 12.8. The first-order chi connectivity index (χ1) is 13.6. The third-order valence-electron chi connectivity index (χ3n) is 5.28. The van der Waals surface area contributed by atoms with Gasteiger partial charge in [0, 0.05) is 0 Å². The molecule has 0 saturated carbocycles. The number of rotatable bonds is 8. The van der Waals surface area contributed by atoms with Crippen LogP contribution in [-0.2, 0) is 4.79 Å². The Labute approximate surface area is 175 Å². The molecule has 2 aromatic rings. The number of amides is 1. The Hall–Kier alpha value is -2.49. The molecule has 0 bridgehead atoms. The van der Waals surface area contributed by atoms with E-state index in [1.54, 1.807) is 14.0 Å². The molecule has 0 radical (unpaired) electrons. The zero-order valence-electron chi connectivity index (χ0n) is 19.0. The van der Waals surface area contributed by atoms with Gasteiger partial charge in [-0.3, -0.25) is 4.79 Å². The van der Waals surface area contributed by atoms with Gasteiger partial charge in [-0.05, 0) is 73.1 Å². The first-order valence-electron chi connectivity index (χ1n) is 10.4. The largest absolute Gasteiger partial charge is 0.496 e. The molecule has 4 heteroatoms. The molecular weight excluding hydrogens is 362 g/mol. The van der Waals surface area contributed by atoms with Crippen LogP contribution >= 0.6 is 0 Å². The molecule has 29 heavy (non-hydrogen) atoms. The second kappa shape index (κ2) is 9.82. The van der Waals surface area contributed by atoms with Gasteiger partial charge in [-0.1, -0.05) is 45.9 Å². The summed E-state index contributed by atoms with van der Waals surface area (Å²) in [5.74, 6) is 2.19. The minimum atomic E-state index is -0.583. The fraction of sp³-hybridized carbons (Fsp3) is 0.480. The summed E-state index contributed by atoms with van der Waals surface area (Å²) in [5.41, 5.74) is 4.44. The highest BCUT2D eigenvalue weighted by molar-refractivity contribution is 5.81. The number of carbonyl (C=O) groups is 1. The summed E-state index contributed by atoms with van der Waals surface area (Å²) < 4.78 is 11.5. The van der Waals surface area contributed by atoms with Crippen molar-refractivity contribution in [1.29, 1.82) is 0 Å². The number of para-hydroxylation sites is 1. The summed E-state index contributed by atoms with van der Waals surface area (Å²) >= 11 is 0. The van der Waals surface area contributed by atoms with E-state index in [9.17, 15) is 4.79 Å². The van der Waals surface area contributed by atoms with Gasteiger partial charge in [-0.15, -0.1) is 0 Å². The molecule has 4 nitrogen and oxygen atoms in total. The van der Waals surface area contributed by atoms with Gasteiger partial charge in [0.25, 0.3) is 5.91 Å². The standard InChI is InChI=1S/C25H35NO3/c1-15(2)20-11-9-10-12-23(20)29-19(7)25(27)26-18(6)22-14-21(16(3)4)24(28-8)13-17(22)5/h9-16,18-19H,1-8H3,(H,26,27)/t18-,19-/m1/s1. The maximum atomic E-state index is 12.8. The van der Waals surface area contributed by atoms with Crippen molar-refractivity contribution in [2.24, 2.45) is 0 Å². The van der Waals surface area contributed by atoms with Crippen LogP contribution in [0.5, 0.6) is 11.5 Å². The van der Waals surface area contributed by atoms with Crippen molar-refractivity contribution in [3.05, 3.63) is 58.7 Å². The van der Waals surface area contributed by atoms with Crippen molar-refractivity contribution in [3.8, 4) is 11.5 Å². The molecule has 0 aliphatic heterocycles. The lowest BCUT2D eigenvalue weighted by atomic mass is 9.93. The van der Waals surface area contributed by atoms with Crippen LogP contribution in [0.25, 0.3) is 0 Å². The topological polar surface area (TPSA) is 47.6 Å². The minimum Gasteiger partial charge on any atom is -0.496 e. The highest BCUT2D eigenvalue weighted by Crippen LogP contribution is 2.32. The van der Waals surface area contributed by atoms with Crippen LogP contribution in [0.15, 0.2) is 36.4 Å². The van der Waals surface area contributed by atoms with E-state index in [0.29, 0.717) is 11.8 Å². The van der Waals surface area contributed by atoms with Gasteiger partial charge in [-0.2, -0.15) is 0 Å². The maximum Gasteiger partial charge on any atom is 0.261 e. The Bertz CT molecular complexity index is 842. The Morgan fingerprint density at radius 1 is 0.862 bits per heavy atom. The second-order valence-corrected chi connectivity index (χ2v) is 8.29. The van der Waals surface area contributed by atoms with Crippen LogP contribution in [-0.4, -0.2) is 19.1 Å². The molecule has 0 saturated heterocycles. The van der Waals surface area contributed by atoms with Crippen LogP contribution in [0, 0.1) is 6.92 Å². The summed E-state index contributed by atoms with van der Waals surface area (Å²) in [4.78, 5) is 12.8. The molecular formula is C25H35NO3. The molecule has 158 valence electrons. The van der Waals surface area contributed by atoms with Crippen molar-refractivity contribution in [2.45, 2.75) is 72.4 Å². The lowest BCUT2D eigenvalue weighted by molar-refractivity contribution is -0.127. The van der Waals surface area contributed by atoms with Crippen LogP contribution in [0.1, 0.15) is 81.7 Å².